The molecule has 4 heterocycles. The van der Waals surface area contributed by atoms with Gasteiger partial charge in [-0.05, 0) is 50.3 Å². The number of hydrogen-bond donors (Lipinski definition) is 3. The molecular formula is C26H33F3N8OS. The van der Waals surface area contributed by atoms with Crippen LogP contribution in [-0.2, 0) is 10.9 Å². The third kappa shape index (κ3) is 5.48. The zero-order chi connectivity index (χ0) is 27.9. The molecule has 3 unspecified atom stereocenters. The zero-order valence-electron chi connectivity index (χ0n) is 22.6. The number of anilines is 1. The summed E-state index contributed by atoms with van der Waals surface area (Å²) in [5.74, 6) is 0.0805. The van der Waals surface area contributed by atoms with E-state index in [0.29, 0.717) is 6.67 Å². The molecular weight excluding hydrogens is 529 g/mol. The van der Waals surface area contributed by atoms with Crippen LogP contribution in [0.15, 0.2) is 46.1 Å². The number of methoxy groups -OCH3 is 1. The summed E-state index contributed by atoms with van der Waals surface area (Å²) in [7, 11) is 5.56. The van der Waals surface area contributed by atoms with Crippen LogP contribution in [0.3, 0.4) is 0 Å². The van der Waals surface area contributed by atoms with Gasteiger partial charge < -0.3 is 25.2 Å². The Balaban J connectivity index is 1.36. The number of fused-ring (bicyclic) bond motifs is 1. The Labute approximate surface area is 229 Å². The number of pyridine rings is 1. The first-order valence-electron chi connectivity index (χ1n) is 12.8. The van der Waals surface area contributed by atoms with Crippen molar-refractivity contribution < 1.29 is 17.9 Å². The fourth-order valence-corrected chi connectivity index (χ4v) is 5.81. The molecule has 5 rings (SSSR count). The van der Waals surface area contributed by atoms with E-state index in [4.69, 9.17) is 9.73 Å². The number of nitrogens with zero attached hydrogens (tertiary/aromatic N) is 5. The molecule has 9 nitrogen and oxygen atoms in total. The number of halogens is 3. The molecule has 1 aliphatic carbocycles. The van der Waals surface area contributed by atoms with Crippen LogP contribution >= 0.6 is 11.3 Å². The minimum Gasteiger partial charge on any atom is -0.374 e. The molecule has 39 heavy (non-hydrogen) atoms. The highest BCUT2D eigenvalue weighted by Crippen LogP contribution is 2.38. The lowest BCUT2D eigenvalue weighted by molar-refractivity contribution is -0.138. The maximum atomic E-state index is 13.4. The summed E-state index contributed by atoms with van der Waals surface area (Å²) in [6.45, 7) is 4.15. The zero-order valence-corrected chi connectivity index (χ0v) is 23.4. The molecule has 3 N–H and O–H groups in total. The topological polar surface area (TPSA) is 89.9 Å². The second-order valence-corrected chi connectivity index (χ2v) is 11.1. The van der Waals surface area contributed by atoms with Gasteiger partial charge in [0, 0.05) is 33.6 Å². The molecule has 0 aromatic carbocycles. The quantitative estimate of drug-likeness (QED) is 0.399. The fourth-order valence-electron chi connectivity index (χ4n) is 4.86. The van der Waals surface area contributed by atoms with Gasteiger partial charge in [-0.15, -0.1) is 11.3 Å². The summed E-state index contributed by atoms with van der Waals surface area (Å²) in [6, 6.07) is 0.891. The fraction of sp³-hybridized carbons (Fsp3) is 0.500. The van der Waals surface area contributed by atoms with Crippen LogP contribution in [0.5, 0.6) is 0 Å². The van der Waals surface area contributed by atoms with Gasteiger partial charge in [-0.2, -0.15) is 13.2 Å². The molecule has 0 amide bonds. The summed E-state index contributed by atoms with van der Waals surface area (Å²) in [6.07, 6.45) is 2.88. The molecule has 2 aliphatic heterocycles. The third-order valence-electron chi connectivity index (χ3n) is 7.19. The Hall–Kier alpha value is -3.16. The van der Waals surface area contributed by atoms with E-state index in [-0.39, 0.29) is 23.6 Å². The molecule has 2 aromatic rings. The molecule has 1 saturated carbocycles. The van der Waals surface area contributed by atoms with Gasteiger partial charge in [0.25, 0.3) is 0 Å². The molecule has 3 aliphatic rings. The van der Waals surface area contributed by atoms with Gasteiger partial charge in [-0.1, -0.05) is 0 Å². The number of thiazole rings is 1. The van der Waals surface area contributed by atoms with Crippen LogP contribution < -0.4 is 16.0 Å². The first-order chi connectivity index (χ1) is 18.6. The van der Waals surface area contributed by atoms with Crippen molar-refractivity contribution in [1.82, 2.24) is 30.4 Å². The van der Waals surface area contributed by atoms with Crippen LogP contribution in [0.4, 0.5) is 19.0 Å². The smallest absolute Gasteiger partial charge is 0.374 e. The Morgan fingerprint density at radius 1 is 1.23 bits per heavy atom. The first-order valence-corrected chi connectivity index (χ1v) is 13.6. The summed E-state index contributed by atoms with van der Waals surface area (Å²) < 4.78 is 45.7. The van der Waals surface area contributed by atoms with E-state index >= 15 is 0 Å². The maximum absolute atomic E-state index is 13.4. The monoisotopic (exact) mass is 562 g/mol. The van der Waals surface area contributed by atoms with Crippen LogP contribution in [0, 0.1) is 6.92 Å². The van der Waals surface area contributed by atoms with Crippen molar-refractivity contribution in [2.75, 3.05) is 33.2 Å². The number of ether oxygens (including phenoxy) is 1. The van der Waals surface area contributed by atoms with Gasteiger partial charge in [-0.25, -0.2) is 15.0 Å². The van der Waals surface area contributed by atoms with Crippen molar-refractivity contribution >= 4 is 23.5 Å². The van der Waals surface area contributed by atoms with E-state index in [1.165, 1.54) is 37.1 Å². The summed E-state index contributed by atoms with van der Waals surface area (Å²) >= 11 is 1.44. The van der Waals surface area contributed by atoms with Crippen molar-refractivity contribution in [1.29, 1.82) is 0 Å². The number of aliphatic imine (C=N–C) groups is 1. The molecule has 3 atom stereocenters. The van der Waals surface area contributed by atoms with Crippen molar-refractivity contribution in [2.24, 2.45) is 4.99 Å². The van der Waals surface area contributed by atoms with E-state index in [0.717, 1.165) is 52.3 Å². The van der Waals surface area contributed by atoms with Gasteiger partial charge in [0.1, 0.15) is 22.7 Å². The predicted octanol–water partition coefficient (Wildman–Crippen LogP) is 4.71. The number of likely N-dealkylation sites (N-methyl/N-ethyl adjacent to an activating group) is 2. The van der Waals surface area contributed by atoms with Gasteiger partial charge in [0.05, 0.1) is 40.9 Å². The number of nitrogens with one attached hydrogen (secondary N) is 3. The Morgan fingerprint density at radius 2 is 2.00 bits per heavy atom. The number of allylic oxidation sites excluding steroid dienone is 1. The Bertz CT molecular complexity index is 1310. The third-order valence-corrected chi connectivity index (χ3v) is 8.42. The maximum Gasteiger partial charge on any atom is 0.416 e. The standard InChI is InChI=1S/C26H33F3N8OS/c1-14-10-30-19(9-17(14)26(27,28)29)35-24(38-5)18-11-31-25(39-18)15(2)34-20(16-7-6-8-16)22-21-23(33-13-36(22)3)37(4)12-32-21/h9-12,15,23-24,33-34H,6-8,13H2,1-5H3,(H,30,35). The molecule has 13 heteroatoms. The van der Waals surface area contributed by atoms with E-state index in [1.54, 1.807) is 6.20 Å². The van der Waals surface area contributed by atoms with Crippen LogP contribution in [0.2, 0.25) is 0 Å². The van der Waals surface area contributed by atoms with Crippen molar-refractivity contribution in [3.8, 4) is 0 Å². The highest BCUT2D eigenvalue weighted by molar-refractivity contribution is 7.11. The molecule has 0 bridgehead atoms. The van der Waals surface area contributed by atoms with E-state index in [9.17, 15) is 13.2 Å². The van der Waals surface area contributed by atoms with Crippen LogP contribution in [0.1, 0.15) is 59.5 Å². The lowest BCUT2D eigenvalue weighted by Crippen LogP contribution is -2.50. The first kappa shape index (κ1) is 27.4. The minimum atomic E-state index is -4.46. The molecule has 0 spiro atoms. The van der Waals surface area contributed by atoms with E-state index < -0.39 is 18.0 Å². The van der Waals surface area contributed by atoms with Crippen LogP contribution in [0.25, 0.3) is 0 Å². The minimum absolute atomic E-state index is 0.0391. The molecule has 0 radical (unpaired) electrons. The number of hydrogen-bond acceptors (Lipinski definition) is 10. The SMILES string of the molecule is COC(Nc1cc(C(F)(F)F)c(C)cn1)c1cnc(C(C)NC(=C2CCC2)C2=C3N=CN(C)C3NCN2C)s1. The number of aromatic nitrogens is 2. The van der Waals surface area contributed by atoms with Crippen molar-refractivity contribution in [3.05, 3.63) is 62.1 Å². The normalized spacial score (nSPS) is 20.6. The summed E-state index contributed by atoms with van der Waals surface area (Å²) in [4.78, 5) is 18.4. The van der Waals surface area contributed by atoms with Gasteiger partial charge in [-0.3, -0.25) is 5.32 Å². The average molecular weight is 563 g/mol. The van der Waals surface area contributed by atoms with Gasteiger partial charge in [0.15, 0.2) is 6.23 Å². The Morgan fingerprint density at radius 3 is 2.67 bits per heavy atom. The average Bonchev–Trinajstić information content (AvgIpc) is 3.49. The van der Waals surface area contributed by atoms with Crippen molar-refractivity contribution in [2.45, 2.75) is 57.7 Å². The molecule has 210 valence electrons. The van der Waals surface area contributed by atoms with E-state index in [2.05, 4.69) is 49.7 Å². The van der Waals surface area contributed by atoms with Gasteiger partial charge >= 0.3 is 6.18 Å². The highest BCUT2D eigenvalue weighted by atomic mass is 32.1. The molecule has 1 fully saturated rings. The molecule has 2 aromatic heterocycles. The lowest BCUT2D eigenvalue weighted by atomic mass is 9.88. The number of alkyl halides is 3. The van der Waals surface area contributed by atoms with Crippen LogP contribution in [-0.4, -0.2) is 60.1 Å². The van der Waals surface area contributed by atoms with Gasteiger partial charge in [0.2, 0.25) is 0 Å². The Kier molecular flexibility index (Phi) is 7.57. The predicted molar refractivity (Wildman–Crippen MR) is 145 cm³/mol. The highest BCUT2D eigenvalue weighted by Gasteiger charge is 2.35. The second-order valence-electron chi connectivity index (χ2n) is 10.0. The largest absolute Gasteiger partial charge is 0.416 e. The summed E-state index contributed by atoms with van der Waals surface area (Å²) in [5.41, 5.74) is 3.91. The lowest BCUT2D eigenvalue weighted by Gasteiger charge is -2.38. The second kappa shape index (κ2) is 10.8. The van der Waals surface area contributed by atoms with E-state index in [1.807, 2.05) is 13.4 Å². The van der Waals surface area contributed by atoms with Crippen molar-refractivity contribution in [3.63, 3.8) is 0 Å². The summed E-state index contributed by atoms with van der Waals surface area (Å²) in [5, 5.41) is 11.0. The number of rotatable bonds is 8. The number of aryl methyl sites for hydroxylation is 1. The molecule has 0 saturated heterocycles.